The van der Waals surface area contributed by atoms with E-state index in [2.05, 4.69) is 10.1 Å². The van der Waals surface area contributed by atoms with Crippen molar-refractivity contribution in [3.05, 3.63) is 70.8 Å². The van der Waals surface area contributed by atoms with E-state index in [0.29, 0.717) is 6.07 Å². The molecule has 0 heterocycles. The number of ether oxygens (including phenoxy) is 1. The van der Waals surface area contributed by atoms with E-state index in [1.165, 1.54) is 12.1 Å². The maximum atomic E-state index is 13.7. The molecule has 0 radical (unpaired) electrons. The Labute approximate surface area is 143 Å². The van der Waals surface area contributed by atoms with Gasteiger partial charge in [0.2, 0.25) is 9.84 Å². The molecule has 2 aromatic carbocycles. The zero-order valence-electron chi connectivity index (χ0n) is 13.4. The second-order valence-corrected chi connectivity index (χ2v) is 7.00. The summed E-state index contributed by atoms with van der Waals surface area (Å²) in [6, 6.07) is 8.55. The van der Waals surface area contributed by atoms with Crippen LogP contribution in [0.2, 0.25) is 0 Å². The van der Waals surface area contributed by atoms with Crippen molar-refractivity contribution < 1.29 is 26.7 Å². The van der Waals surface area contributed by atoms with Crippen molar-refractivity contribution in [1.29, 1.82) is 0 Å². The van der Waals surface area contributed by atoms with Crippen LogP contribution in [0.25, 0.3) is 0 Å². The first-order chi connectivity index (χ1) is 11.8. The van der Waals surface area contributed by atoms with E-state index >= 15 is 0 Å². The molecule has 0 unspecified atom stereocenters. The van der Waals surface area contributed by atoms with Crippen molar-refractivity contribution in [3.63, 3.8) is 0 Å². The van der Waals surface area contributed by atoms with Crippen molar-refractivity contribution in [2.45, 2.75) is 11.8 Å². The van der Waals surface area contributed by atoms with E-state index in [1.54, 1.807) is 19.1 Å². The first-order valence-corrected chi connectivity index (χ1v) is 8.56. The number of hydrogen-bond acceptors (Lipinski definition) is 5. The van der Waals surface area contributed by atoms with Crippen LogP contribution < -0.4 is 5.32 Å². The van der Waals surface area contributed by atoms with E-state index in [4.69, 9.17) is 0 Å². The molecule has 2 aromatic rings. The van der Waals surface area contributed by atoms with Gasteiger partial charge in [-0.3, -0.25) is 0 Å². The number of esters is 1. The first kappa shape index (κ1) is 18.6. The molecule has 2 rings (SSSR count). The summed E-state index contributed by atoms with van der Waals surface area (Å²) in [4.78, 5) is 11.1. The lowest BCUT2D eigenvalue weighted by molar-refractivity contribution is -0.135. The van der Waals surface area contributed by atoms with E-state index in [0.717, 1.165) is 31.0 Å². The highest BCUT2D eigenvalue weighted by Crippen LogP contribution is 2.22. The van der Waals surface area contributed by atoms with Crippen LogP contribution in [0.5, 0.6) is 0 Å². The molecule has 0 aliphatic carbocycles. The number of nitrogens with one attached hydrogen (secondary N) is 1. The molecule has 1 N–H and O–H groups in total. The molecular weight excluding hydrogens is 352 g/mol. The zero-order valence-corrected chi connectivity index (χ0v) is 14.2. The highest BCUT2D eigenvalue weighted by atomic mass is 32.2. The fourth-order valence-electron chi connectivity index (χ4n) is 1.94. The molecule has 5 nitrogen and oxygen atoms in total. The second kappa shape index (κ2) is 7.43. The standard InChI is InChI=1S/C17H15F2NO4S/c1-11-3-6-13(7-4-11)25(22,23)16(17(21)24-2)10-20-15-8-5-12(18)9-14(15)19/h3-10,20H,1-2H3/b16-10-. The van der Waals surface area contributed by atoms with Crippen LogP contribution in [0.1, 0.15) is 5.56 Å². The van der Waals surface area contributed by atoms with Gasteiger partial charge in [-0.05, 0) is 31.2 Å². The Bertz CT molecular complexity index is 922. The summed E-state index contributed by atoms with van der Waals surface area (Å²) in [5, 5.41) is 2.36. The lowest BCUT2D eigenvalue weighted by Crippen LogP contribution is -2.17. The third-order valence-electron chi connectivity index (χ3n) is 3.30. The quantitative estimate of drug-likeness (QED) is 0.649. The van der Waals surface area contributed by atoms with Gasteiger partial charge in [0.1, 0.15) is 11.6 Å². The molecule has 0 aliphatic rings. The number of methoxy groups -OCH3 is 1. The van der Waals surface area contributed by atoms with Gasteiger partial charge < -0.3 is 10.1 Å². The molecule has 0 saturated heterocycles. The number of carbonyl (C=O) groups is 1. The molecule has 0 spiro atoms. The van der Waals surface area contributed by atoms with Gasteiger partial charge in [-0.25, -0.2) is 22.0 Å². The number of anilines is 1. The third kappa shape index (κ3) is 4.21. The topological polar surface area (TPSA) is 72.5 Å². The first-order valence-electron chi connectivity index (χ1n) is 7.07. The van der Waals surface area contributed by atoms with Crippen molar-refractivity contribution in [2.75, 3.05) is 12.4 Å². The largest absolute Gasteiger partial charge is 0.465 e. The number of sulfone groups is 1. The Morgan fingerprint density at radius 2 is 1.76 bits per heavy atom. The summed E-state index contributed by atoms with van der Waals surface area (Å²) in [5.74, 6) is -2.84. The van der Waals surface area contributed by atoms with Crippen LogP contribution in [-0.4, -0.2) is 21.5 Å². The number of benzene rings is 2. The minimum atomic E-state index is -4.19. The Kier molecular flexibility index (Phi) is 5.53. The van der Waals surface area contributed by atoms with E-state index in [-0.39, 0.29) is 10.6 Å². The maximum absolute atomic E-state index is 13.7. The highest BCUT2D eigenvalue weighted by molar-refractivity contribution is 7.96. The van der Waals surface area contributed by atoms with E-state index in [1.807, 2.05) is 0 Å². The zero-order chi connectivity index (χ0) is 18.6. The van der Waals surface area contributed by atoms with Crippen LogP contribution in [-0.2, 0) is 19.4 Å². The minimum Gasteiger partial charge on any atom is -0.465 e. The Hall–Kier alpha value is -2.74. The Morgan fingerprint density at radius 3 is 2.32 bits per heavy atom. The van der Waals surface area contributed by atoms with Gasteiger partial charge in [0.15, 0.2) is 4.91 Å². The minimum absolute atomic E-state index is 0.115. The molecular formula is C17H15F2NO4S. The van der Waals surface area contributed by atoms with Crippen LogP contribution in [0, 0.1) is 18.6 Å². The average Bonchev–Trinajstić information content (AvgIpc) is 2.56. The van der Waals surface area contributed by atoms with Crippen molar-refractivity contribution >= 4 is 21.5 Å². The number of carbonyl (C=O) groups excluding carboxylic acids is 1. The van der Waals surface area contributed by atoms with Crippen LogP contribution in [0.4, 0.5) is 14.5 Å². The smallest absolute Gasteiger partial charge is 0.351 e. The summed E-state index contributed by atoms with van der Waals surface area (Å²) in [7, 11) is -3.17. The summed E-state index contributed by atoms with van der Waals surface area (Å²) < 4.78 is 56.4. The summed E-state index contributed by atoms with van der Waals surface area (Å²) in [6.45, 7) is 1.78. The monoisotopic (exact) mass is 367 g/mol. The van der Waals surface area contributed by atoms with Crippen molar-refractivity contribution in [1.82, 2.24) is 0 Å². The molecule has 0 amide bonds. The van der Waals surface area contributed by atoms with Gasteiger partial charge in [-0.2, -0.15) is 0 Å². The van der Waals surface area contributed by atoms with Crippen LogP contribution >= 0.6 is 0 Å². The molecule has 0 saturated carbocycles. The number of halogens is 2. The normalized spacial score (nSPS) is 11.9. The van der Waals surface area contributed by atoms with Gasteiger partial charge >= 0.3 is 5.97 Å². The molecule has 0 aliphatic heterocycles. The lowest BCUT2D eigenvalue weighted by Gasteiger charge is -2.09. The maximum Gasteiger partial charge on any atom is 0.351 e. The highest BCUT2D eigenvalue weighted by Gasteiger charge is 2.28. The second-order valence-electron chi connectivity index (χ2n) is 5.09. The number of hydrogen-bond donors (Lipinski definition) is 1. The third-order valence-corrected chi connectivity index (χ3v) is 5.05. The summed E-state index contributed by atoms with van der Waals surface area (Å²) in [5.41, 5.74) is 0.649. The van der Waals surface area contributed by atoms with Crippen molar-refractivity contribution in [2.24, 2.45) is 0 Å². The average molecular weight is 367 g/mol. The van der Waals surface area contributed by atoms with Gasteiger partial charge in [0, 0.05) is 12.3 Å². The van der Waals surface area contributed by atoms with Crippen LogP contribution in [0.3, 0.4) is 0 Å². The summed E-state index contributed by atoms with van der Waals surface area (Å²) in [6.07, 6.45) is 0.817. The molecule has 0 fully saturated rings. The van der Waals surface area contributed by atoms with Gasteiger partial charge in [0.05, 0.1) is 17.7 Å². The Balaban J connectivity index is 2.45. The summed E-state index contributed by atoms with van der Waals surface area (Å²) >= 11 is 0. The van der Waals surface area contributed by atoms with Gasteiger partial charge in [-0.1, -0.05) is 17.7 Å². The van der Waals surface area contributed by atoms with E-state index < -0.39 is 32.3 Å². The predicted molar refractivity (Wildman–Crippen MR) is 88.4 cm³/mol. The molecule has 25 heavy (non-hydrogen) atoms. The molecule has 8 heteroatoms. The van der Waals surface area contributed by atoms with Gasteiger partial charge in [0.25, 0.3) is 0 Å². The number of rotatable bonds is 5. The Morgan fingerprint density at radius 1 is 1.12 bits per heavy atom. The fourth-order valence-corrected chi connectivity index (χ4v) is 3.21. The van der Waals surface area contributed by atoms with Gasteiger partial charge in [-0.15, -0.1) is 0 Å². The molecule has 0 atom stereocenters. The van der Waals surface area contributed by atoms with E-state index in [9.17, 15) is 22.0 Å². The van der Waals surface area contributed by atoms with Crippen molar-refractivity contribution in [3.8, 4) is 0 Å². The number of aryl methyl sites for hydroxylation is 1. The molecule has 0 bridgehead atoms. The fraction of sp³-hybridized carbons (Fsp3) is 0.118. The lowest BCUT2D eigenvalue weighted by atomic mass is 10.2. The molecule has 0 aromatic heterocycles. The SMILES string of the molecule is COC(=O)/C(=C/Nc1ccc(F)cc1F)S(=O)(=O)c1ccc(C)cc1. The molecule has 132 valence electrons. The predicted octanol–water partition coefficient (Wildman–Crippen LogP) is 3.17. The van der Waals surface area contributed by atoms with Crippen LogP contribution in [0.15, 0.2) is 58.5 Å².